The second-order valence-electron chi connectivity index (χ2n) is 5.19. The van der Waals surface area contributed by atoms with E-state index in [9.17, 15) is 4.79 Å². The molecule has 2 aromatic carbocycles. The lowest BCUT2D eigenvalue weighted by Gasteiger charge is -2.19. The summed E-state index contributed by atoms with van der Waals surface area (Å²) in [6, 6.07) is 13.2. The van der Waals surface area contributed by atoms with Crippen LogP contribution in [0.4, 0.5) is 4.79 Å². The van der Waals surface area contributed by atoms with Gasteiger partial charge in [-0.15, -0.1) is 0 Å². The Morgan fingerprint density at radius 1 is 1.09 bits per heavy atom. The highest BCUT2D eigenvalue weighted by Crippen LogP contribution is 2.33. The monoisotopic (exact) mass is 314 g/mol. The highest BCUT2D eigenvalue weighted by Gasteiger charge is 2.22. The molecular formula is C18H18O5. The molecule has 0 radical (unpaired) electrons. The van der Waals surface area contributed by atoms with Crippen molar-refractivity contribution < 1.29 is 23.7 Å². The van der Waals surface area contributed by atoms with Crippen LogP contribution < -0.4 is 9.47 Å². The zero-order valence-electron chi connectivity index (χ0n) is 13.1. The van der Waals surface area contributed by atoms with Gasteiger partial charge < -0.3 is 18.9 Å². The van der Waals surface area contributed by atoms with Gasteiger partial charge >= 0.3 is 6.16 Å². The predicted molar refractivity (Wildman–Crippen MR) is 84.0 cm³/mol. The van der Waals surface area contributed by atoms with Gasteiger partial charge in [-0.25, -0.2) is 4.79 Å². The van der Waals surface area contributed by atoms with Crippen molar-refractivity contribution in [2.45, 2.75) is 12.5 Å². The highest BCUT2D eigenvalue weighted by molar-refractivity contribution is 5.61. The van der Waals surface area contributed by atoms with Gasteiger partial charge in [-0.1, -0.05) is 18.2 Å². The fourth-order valence-electron chi connectivity index (χ4n) is 2.62. The van der Waals surface area contributed by atoms with Crippen molar-refractivity contribution in [2.24, 2.45) is 0 Å². The van der Waals surface area contributed by atoms with E-state index in [0.717, 1.165) is 34.6 Å². The van der Waals surface area contributed by atoms with E-state index in [2.05, 4.69) is 4.74 Å². The third kappa shape index (κ3) is 3.23. The molecular weight excluding hydrogens is 296 g/mol. The van der Waals surface area contributed by atoms with E-state index in [4.69, 9.17) is 14.2 Å². The number of rotatable bonds is 4. The second kappa shape index (κ2) is 6.60. The van der Waals surface area contributed by atoms with Crippen LogP contribution in [0.2, 0.25) is 0 Å². The van der Waals surface area contributed by atoms with E-state index in [1.807, 2.05) is 42.5 Å². The topological polar surface area (TPSA) is 54.0 Å². The average molecular weight is 314 g/mol. The van der Waals surface area contributed by atoms with E-state index in [-0.39, 0.29) is 0 Å². The van der Waals surface area contributed by atoms with Crippen molar-refractivity contribution in [2.75, 3.05) is 20.8 Å². The van der Waals surface area contributed by atoms with Gasteiger partial charge in [0.15, 0.2) is 6.10 Å². The van der Waals surface area contributed by atoms with Crippen molar-refractivity contribution in [1.82, 2.24) is 0 Å². The molecule has 0 amide bonds. The van der Waals surface area contributed by atoms with Crippen molar-refractivity contribution in [3.8, 4) is 11.5 Å². The fraction of sp³-hybridized carbons (Fsp3) is 0.278. The van der Waals surface area contributed by atoms with E-state index >= 15 is 0 Å². The summed E-state index contributed by atoms with van der Waals surface area (Å²) in [5, 5.41) is 0. The van der Waals surface area contributed by atoms with Crippen molar-refractivity contribution >= 4 is 6.16 Å². The Bertz CT molecular complexity index is 693. The van der Waals surface area contributed by atoms with Crippen molar-refractivity contribution in [3.05, 3.63) is 59.2 Å². The molecule has 1 aliphatic rings. The number of fused-ring (bicyclic) bond motifs is 1. The molecule has 5 nitrogen and oxygen atoms in total. The predicted octanol–water partition coefficient (Wildman–Crippen LogP) is 3.50. The smallest absolute Gasteiger partial charge is 0.497 e. The molecule has 3 rings (SSSR count). The second-order valence-corrected chi connectivity index (χ2v) is 5.19. The maximum atomic E-state index is 11.6. The van der Waals surface area contributed by atoms with Crippen LogP contribution in [0.25, 0.3) is 0 Å². The van der Waals surface area contributed by atoms with E-state index < -0.39 is 12.3 Å². The molecule has 0 aromatic heterocycles. The lowest BCUT2D eigenvalue weighted by atomic mass is 9.98. The summed E-state index contributed by atoms with van der Waals surface area (Å²) in [6.07, 6.45) is -0.404. The number of carbonyl (C=O) groups is 1. The molecule has 120 valence electrons. The molecule has 0 fully saturated rings. The average Bonchev–Trinajstić information content (AvgIpc) is 3.07. The van der Waals surface area contributed by atoms with Gasteiger partial charge in [0.25, 0.3) is 0 Å². The zero-order valence-corrected chi connectivity index (χ0v) is 13.1. The van der Waals surface area contributed by atoms with Gasteiger partial charge in [0.2, 0.25) is 0 Å². The Labute approximate surface area is 134 Å². The summed E-state index contributed by atoms with van der Waals surface area (Å²) in [5.74, 6) is 1.63. The van der Waals surface area contributed by atoms with Gasteiger partial charge in [0.05, 0.1) is 20.8 Å². The van der Waals surface area contributed by atoms with Gasteiger partial charge in [0.1, 0.15) is 11.5 Å². The molecule has 1 heterocycles. The molecule has 23 heavy (non-hydrogen) atoms. The number of hydrogen-bond acceptors (Lipinski definition) is 5. The maximum absolute atomic E-state index is 11.6. The maximum Gasteiger partial charge on any atom is 0.508 e. The molecule has 1 unspecified atom stereocenters. The van der Waals surface area contributed by atoms with Gasteiger partial charge in [-0.2, -0.15) is 0 Å². The molecule has 0 saturated carbocycles. The quantitative estimate of drug-likeness (QED) is 0.808. The lowest BCUT2D eigenvalue weighted by Crippen LogP contribution is -2.13. The molecule has 2 aromatic rings. The molecule has 1 aliphatic heterocycles. The largest absolute Gasteiger partial charge is 0.508 e. The molecule has 0 bridgehead atoms. The van der Waals surface area contributed by atoms with Gasteiger partial charge in [-0.05, 0) is 41.0 Å². The van der Waals surface area contributed by atoms with E-state index in [1.165, 1.54) is 7.11 Å². The Hall–Kier alpha value is -2.69. The van der Waals surface area contributed by atoms with Crippen LogP contribution in [0.1, 0.15) is 22.8 Å². The SMILES string of the molecule is COC(=O)OC(c1ccc(OC)cc1)c1ccc2c(c1)CCO2. The number of benzene rings is 2. The summed E-state index contributed by atoms with van der Waals surface area (Å²) < 4.78 is 20.8. The number of ether oxygens (including phenoxy) is 4. The van der Waals surface area contributed by atoms with Crippen molar-refractivity contribution in [1.29, 1.82) is 0 Å². The first-order valence-corrected chi connectivity index (χ1v) is 7.35. The van der Waals surface area contributed by atoms with Crippen LogP contribution in [0.15, 0.2) is 42.5 Å². The Balaban J connectivity index is 1.95. The van der Waals surface area contributed by atoms with E-state index in [0.29, 0.717) is 6.61 Å². The van der Waals surface area contributed by atoms with E-state index in [1.54, 1.807) is 7.11 Å². The number of hydrogen-bond donors (Lipinski definition) is 0. The summed E-state index contributed by atoms with van der Waals surface area (Å²) >= 11 is 0. The Morgan fingerprint density at radius 3 is 2.52 bits per heavy atom. The van der Waals surface area contributed by atoms with Crippen molar-refractivity contribution in [3.63, 3.8) is 0 Å². The first-order chi connectivity index (χ1) is 11.2. The van der Waals surface area contributed by atoms with Crippen LogP contribution in [0.5, 0.6) is 11.5 Å². The first-order valence-electron chi connectivity index (χ1n) is 7.35. The summed E-state index contributed by atoms with van der Waals surface area (Å²) in [6.45, 7) is 0.684. The third-order valence-corrected chi connectivity index (χ3v) is 3.82. The molecule has 0 saturated heterocycles. The van der Waals surface area contributed by atoms with Crippen LogP contribution in [-0.2, 0) is 15.9 Å². The number of methoxy groups -OCH3 is 2. The Morgan fingerprint density at radius 2 is 1.83 bits per heavy atom. The van der Waals surface area contributed by atoms with Crippen LogP contribution in [0, 0.1) is 0 Å². The lowest BCUT2D eigenvalue weighted by molar-refractivity contribution is 0.0498. The normalized spacial score (nSPS) is 13.7. The first kappa shape index (κ1) is 15.2. The van der Waals surface area contributed by atoms with Crippen LogP contribution in [0.3, 0.4) is 0 Å². The summed E-state index contributed by atoms with van der Waals surface area (Å²) in [7, 11) is 2.90. The molecule has 0 N–H and O–H groups in total. The molecule has 1 atom stereocenters. The van der Waals surface area contributed by atoms with Crippen LogP contribution in [-0.4, -0.2) is 27.0 Å². The minimum Gasteiger partial charge on any atom is -0.497 e. The van der Waals surface area contributed by atoms with Gasteiger partial charge in [0, 0.05) is 6.42 Å². The number of carbonyl (C=O) groups excluding carboxylic acids is 1. The molecule has 5 heteroatoms. The molecule has 0 spiro atoms. The minimum atomic E-state index is -0.720. The summed E-state index contributed by atoms with van der Waals surface area (Å²) in [5.41, 5.74) is 2.84. The van der Waals surface area contributed by atoms with Crippen LogP contribution >= 0.6 is 0 Å². The zero-order chi connectivity index (χ0) is 16.2. The highest BCUT2D eigenvalue weighted by atomic mass is 16.7. The summed E-state index contributed by atoms with van der Waals surface area (Å²) in [4.78, 5) is 11.6. The third-order valence-electron chi connectivity index (χ3n) is 3.82. The van der Waals surface area contributed by atoms with Gasteiger partial charge in [-0.3, -0.25) is 0 Å². The Kier molecular flexibility index (Phi) is 4.37. The fourth-order valence-corrected chi connectivity index (χ4v) is 2.62. The minimum absolute atomic E-state index is 0.542. The standard InChI is InChI=1S/C18H18O5/c1-20-15-6-3-12(4-7-15)17(23-18(19)21-2)14-5-8-16-13(11-14)9-10-22-16/h3-8,11,17H,9-10H2,1-2H3. The molecule has 0 aliphatic carbocycles.